The first-order chi connectivity index (χ1) is 13.6. The maximum absolute atomic E-state index is 12.5. The zero-order valence-corrected chi connectivity index (χ0v) is 15.8. The second-order valence-corrected chi connectivity index (χ2v) is 7.83. The van der Waals surface area contributed by atoms with Crippen LogP contribution in [0.4, 0.5) is 0 Å². The molecule has 0 unspecified atom stereocenters. The summed E-state index contributed by atoms with van der Waals surface area (Å²) in [6.45, 7) is 0. The minimum Gasteiger partial charge on any atom is -0.288 e. The summed E-state index contributed by atoms with van der Waals surface area (Å²) in [5, 5.41) is 19.4. The molecule has 0 radical (unpaired) electrons. The number of nitrogens with one attached hydrogen (secondary N) is 1. The molecule has 28 heavy (non-hydrogen) atoms. The second kappa shape index (κ2) is 5.06. The number of benzene rings is 5. The molecule has 130 valence electrons. The van der Waals surface area contributed by atoms with E-state index < -0.39 is 11.8 Å². The van der Waals surface area contributed by atoms with Gasteiger partial charge in [-0.2, -0.15) is 5.26 Å². The van der Waals surface area contributed by atoms with E-state index >= 15 is 0 Å². The van der Waals surface area contributed by atoms with E-state index in [0.717, 1.165) is 42.2 Å². The van der Waals surface area contributed by atoms with E-state index in [1.807, 2.05) is 36.4 Å². The Bertz CT molecular complexity index is 1590. The summed E-state index contributed by atoms with van der Waals surface area (Å²) in [5.41, 5.74) is 1.51. The van der Waals surface area contributed by atoms with E-state index in [4.69, 9.17) is 0 Å². The molecule has 4 nitrogen and oxygen atoms in total. The Morgan fingerprint density at radius 1 is 0.786 bits per heavy atom. The normalized spacial score (nSPS) is 13.6. The average molecular weight is 425 g/mol. The molecular weight excluding hydrogens is 416 g/mol. The van der Waals surface area contributed by atoms with E-state index in [0.29, 0.717) is 22.1 Å². The summed E-state index contributed by atoms with van der Waals surface area (Å²) < 4.78 is 0.733. The lowest BCUT2D eigenvalue weighted by atomic mass is 9.84. The topological polar surface area (TPSA) is 70.0 Å². The quantitative estimate of drug-likeness (QED) is 0.209. The van der Waals surface area contributed by atoms with Gasteiger partial charge in [0.15, 0.2) is 0 Å². The predicted octanol–water partition coefficient (Wildman–Crippen LogP) is 5.25. The molecule has 2 amide bonds. The van der Waals surface area contributed by atoms with Crippen LogP contribution in [0.5, 0.6) is 0 Å². The molecule has 0 fully saturated rings. The van der Waals surface area contributed by atoms with Crippen LogP contribution in [0.1, 0.15) is 26.3 Å². The third kappa shape index (κ3) is 1.69. The Labute approximate surface area is 166 Å². The number of hydrogen-bond acceptors (Lipinski definition) is 3. The summed E-state index contributed by atoms with van der Waals surface area (Å²) in [4.78, 5) is 25.0. The lowest BCUT2D eigenvalue weighted by molar-refractivity contribution is 0.0845. The van der Waals surface area contributed by atoms with Gasteiger partial charge in [0.2, 0.25) is 0 Å². The van der Waals surface area contributed by atoms with Crippen LogP contribution in [0, 0.1) is 11.3 Å². The van der Waals surface area contributed by atoms with E-state index in [1.54, 1.807) is 12.1 Å². The molecule has 0 aromatic heterocycles. The number of nitriles is 1. The van der Waals surface area contributed by atoms with Crippen LogP contribution < -0.4 is 5.32 Å². The lowest BCUT2D eigenvalue weighted by Crippen LogP contribution is -2.34. The van der Waals surface area contributed by atoms with Crippen molar-refractivity contribution in [3.05, 3.63) is 69.7 Å². The molecule has 5 heteroatoms. The molecule has 1 aliphatic rings. The largest absolute Gasteiger partial charge is 0.288 e. The fourth-order valence-corrected chi connectivity index (χ4v) is 5.19. The van der Waals surface area contributed by atoms with Crippen LogP contribution in [0.25, 0.3) is 43.1 Å². The fraction of sp³-hybridized carbons (Fsp3) is 0. The van der Waals surface area contributed by atoms with Crippen molar-refractivity contribution in [2.24, 2.45) is 0 Å². The molecule has 0 atom stereocenters. The summed E-state index contributed by atoms with van der Waals surface area (Å²) in [6, 6.07) is 17.6. The number of halogens is 1. The van der Waals surface area contributed by atoms with Gasteiger partial charge in [0.05, 0.1) is 11.6 Å². The highest BCUT2D eigenvalue weighted by atomic mass is 79.9. The molecule has 0 saturated heterocycles. The van der Waals surface area contributed by atoms with Gasteiger partial charge in [-0.3, -0.25) is 14.9 Å². The molecule has 5 aromatic carbocycles. The van der Waals surface area contributed by atoms with Crippen LogP contribution in [0.3, 0.4) is 0 Å². The summed E-state index contributed by atoms with van der Waals surface area (Å²) >= 11 is 3.63. The number of hydrogen-bond donors (Lipinski definition) is 1. The van der Waals surface area contributed by atoms with Crippen molar-refractivity contribution < 1.29 is 9.59 Å². The third-order valence-electron chi connectivity index (χ3n) is 5.66. The monoisotopic (exact) mass is 424 g/mol. The zero-order chi connectivity index (χ0) is 19.2. The SMILES string of the molecule is N#Cc1ccc2cccc3c4ccc5c6c(cc(Br)c(c1c23)c64)C(=O)NC5=O. The third-order valence-corrected chi connectivity index (χ3v) is 6.28. The van der Waals surface area contributed by atoms with Crippen molar-refractivity contribution in [3.8, 4) is 6.07 Å². The molecule has 0 bridgehead atoms. The van der Waals surface area contributed by atoms with Gasteiger partial charge in [0, 0.05) is 37.1 Å². The first kappa shape index (κ1) is 15.6. The lowest BCUT2D eigenvalue weighted by Gasteiger charge is -2.22. The Morgan fingerprint density at radius 2 is 1.57 bits per heavy atom. The maximum atomic E-state index is 12.5. The van der Waals surface area contributed by atoms with Crippen molar-refractivity contribution in [2.75, 3.05) is 0 Å². The van der Waals surface area contributed by atoms with Crippen molar-refractivity contribution in [2.45, 2.75) is 0 Å². The number of carbonyl (C=O) groups is 2. The number of amides is 2. The number of fused-ring (bicyclic) bond motifs is 2. The molecule has 0 spiro atoms. The van der Waals surface area contributed by atoms with Gasteiger partial charge in [0.1, 0.15) is 0 Å². The Morgan fingerprint density at radius 3 is 2.39 bits per heavy atom. The van der Waals surface area contributed by atoms with Crippen LogP contribution in [-0.2, 0) is 0 Å². The Kier molecular flexibility index (Phi) is 2.81. The van der Waals surface area contributed by atoms with Gasteiger partial charge in [-0.25, -0.2) is 0 Å². The van der Waals surface area contributed by atoms with Gasteiger partial charge < -0.3 is 0 Å². The number of rotatable bonds is 0. The first-order valence-corrected chi connectivity index (χ1v) is 9.51. The van der Waals surface area contributed by atoms with Gasteiger partial charge in [-0.1, -0.05) is 46.3 Å². The number of carbonyl (C=O) groups excluding carboxylic acids is 2. The van der Waals surface area contributed by atoms with Crippen LogP contribution in [-0.4, -0.2) is 11.8 Å². The van der Waals surface area contributed by atoms with Crippen molar-refractivity contribution in [1.29, 1.82) is 5.26 Å². The molecule has 0 aliphatic carbocycles. The standard InChI is InChI=1S/C23H9BrN2O2/c24-16-8-15-19-14(22(27)26-23(15)28)7-6-13-12-3-1-2-10-4-5-11(9-25)18(17(10)12)21(16)20(13)19/h1-8H,(H,26,27,28). The van der Waals surface area contributed by atoms with Gasteiger partial charge >= 0.3 is 0 Å². The molecular formula is C23H9BrN2O2. The fourth-order valence-electron chi connectivity index (χ4n) is 4.56. The molecule has 1 N–H and O–H groups in total. The number of nitrogens with zero attached hydrogens (tertiary/aromatic N) is 1. The Hall–Kier alpha value is -3.49. The summed E-state index contributed by atoms with van der Waals surface area (Å²) in [7, 11) is 0. The molecule has 1 aliphatic heterocycles. The maximum Gasteiger partial charge on any atom is 0.258 e. The van der Waals surface area contributed by atoms with E-state index in [2.05, 4.69) is 27.3 Å². The van der Waals surface area contributed by atoms with E-state index in [1.165, 1.54) is 0 Å². The minimum atomic E-state index is -0.403. The highest BCUT2D eigenvalue weighted by Gasteiger charge is 2.29. The molecule has 1 heterocycles. The van der Waals surface area contributed by atoms with Crippen LogP contribution in [0.15, 0.2) is 53.0 Å². The highest BCUT2D eigenvalue weighted by Crippen LogP contribution is 2.46. The minimum absolute atomic E-state index is 0.394. The van der Waals surface area contributed by atoms with Crippen molar-refractivity contribution in [1.82, 2.24) is 5.32 Å². The molecule has 6 rings (SSSR count). The summed E-state index contributed by atoms with van der Waals surface area (Å²) in [5.74, 6) is -0.797. The van der Waals surface area contributed by atoms with E-state index in [-0.39, 0.29) is 0 Å². The summed E-state index contributed by atoms with van der Waals surface area (Å²) in [6.07, 6.45) is 0. The van der Waals surface area contributed by atoms with Crippen molar-refractivity contribution in [3.63, 3.8) is 0 Å². The number of imide groups is 1. The van der Waals surface area contributed by atoms with Gasteiger partial charge in [-0.15, -0.1) is 0 Å². The van der Waals surface area contributed by atoms with Gasteiger partial charge in [0.25, 0.3) is 11.8 Å². The smallest absolute Gasteiger partial charge is 0.258 e. The van der Waals surface area contributed by atoms with Gasteiger partial charge in [-0.05, 0) is 39.7 Å². The highest BCUT2D eigenvalue weighted by molar-refractivity contribution is 9.10. The second-order valence-electron chi connectivity index (χ2n) is 6.98. The molecule has 5 aromatic rings. The first-order valence-electron chi connectivity index (χ1n) is 8.71. The predicted molar refractivity (Wildman–Crippen MR) is 112 cm³/mol. The van der Waals surface area contributed by atoms with Crippen LogP contribution >= 0.6 is 15.9 Å². The average Bonchev–Trinajstić information content (AvgIpc) is 2.70. The Balaban J connectivity index is 2.08. The molecule has 0 saturated carbocycles. The zero-order valence-electron chi connectivity index (χ0n) is 14.3. The van der Waals surface area contributed by atoms with Crippen LogP contribution in [0.2, 0.25) is 0 Å². The van der Waals surface area contributed by atoms with Crippen molar-refractivity contribution >= 4 is 70.8 Å². The van der Waals surface area contributed by atoms with E-state index in [9.17, 15) is 14.9 Å².